The van der Waals surface area contributed by atoms with Gasteiger partial charge in [-0.25, -0.2) is 0 Å². The van der Waals surface area contributed by atoms with E-state index in [1.54, 1.807) is 11.8 Å². The molecule has 2 unspecified atom stereocenters. The highest BCUT2D eigenvalue weighted by Crippen LogP contribution is 2.28. The molecule has 0 N–H and O–H groups in total. The number of carbonyl (C=O) groups excluding carboxylic acids is 1. The Morgan fingerprint density at radius 2 is 2.05 bits per heavy atom. The first kappa shape index (κ1) is 15.6. The van der Waals surface area contributed by atoms with Gasteiger partial charge in [0.05, 0.1) is 6.10 Å². The van der Waals surface area contributed by atoms with Crippen LogP contribution in [0.3, 0.4) is 0 Å². The zero-order valence-electron chi connectivity index (χ0n) is 12.4. The molecule has 2 rings (SSSR count). The Hall–Kier alpha value is -0.800. The van der Waals surface area contributed by atoms with Crippen LogP contribution < -0.4 is 0 Å². The van der Waals surface area contributed by atoms with Gasteiger partial charge in [-0.1, -0.05) is 38.3 Å². The smallest absolute Gasteiger partial charge is 0.188 e. The van der Waals surface area contributed by atoms with Gasteiger partial charge < -0.3 is 4.74 Å². The van der Waals surface area contributed by atoms with Crippen LogP contribution in [0.4, 0.5) is 0 Å². The molecular formula is C17H24O2S. The van der Waals surface area contributed by atoms with Crippen LogP contribution in [0.5, 0.6) is 0 Å². The lowest BCUT2D eigenvalue weighted by atomic mass is 9.85. The molecule has 20 heavy (non-hydrogen) atoms. The number of benzene rings is 1. The van der Waals surface area contributed by atoms with Crippen molar-refractivity contribution in [3.05, 3.63) is 29.8 Å². The van der Waals surface area contributed by atoms with Gasteiger partial charge >= 0.3 is 0 Å². The molecule has 2 nitrogen and oxygen atoms in total. The molecule has 0 spiro atoms. The molecule has 1 saturated carbocycles. The fraction of sp³-hybridized carbons (Fsp3) is 0.588. The van der Waals surface area contributed by atoms with Crippen LogP contribution in [-0.4, -0.2) is 24.7 Å². The highest BCUT2D eigenvalue weighted by molar-refractivity contribution is 7.98. The minimum Gasteiger partial charge on any atom is -0.370 e. The van der Waals surface area contributed by atoms with Gasteiger partial charge in [0.1, 0.15) is 6.61 Å². The van der Waals surface area contributed by atoms with E-state index in [4.69, 9.17) is 4.74 Å². The predicted molar refractivity (Wildman–Crippen MR) is 84.5 cm³/mol. The van der Waals surface area contributed by atoms with Crippen molar-refractivity contribution in [1.82, 2.24) is 0 Å². The number of ketones is 1. The van der Waals surface area contributed by atoms with Gasteiger partial charge in [-0.05, 0) is 37.1 Å². The molecule has 0 saturated heterocycles. The molecule has 3 heteroatoms. The molecule has 1 aromatic rings. The number of carbonyl (C=O) groups is 1. The maximum atomic E-state index is 12.1. The fourth-order valence-electron chi connectivity index (χ4n) is 2.82. The van der Waals surface area contributed by atoms with Crippen molar-refractivity contribution < 1.29 is 9.53 Å². The van der Waals surface area contributed by atoms with Crippen LogP contribution in [0.1, 0.15) is 49.4 Å². The van der Waals surface area contributed by atoms with Crippen LogP contribution in [-0.2, 0) is 4.74 Å². The molecule has 0 aromatic heterocycles. The summed E-state index contributed by atoms with van der Waals surface area (Å²) in [5.41, 5.74) is 0.755. The van der Waals surface area contributed by atoms with E-state index in [0.29, 0.717) is 0 Å². The summed E-state index contributed by atoms with van der Waals surface area (Å²) in [7, 11) is 0. The van der Waals surface area contributed by atoms with E-state index in [2.05, 4.69) is 6.92 Å². The number of hydrogen-bond donors (Lipinski definition) is 0. The topological polar surface area (TPSA) is 26.3 Å². The molecule has 0 heterocycles. The molecule has 0 radical (unpaired) electrons. The lowest BCUT2D eigenvalue weighted by molar-refractivity contribution is 0.0156. The van der Waals surface area contributed by atoms with Crippen molar-refractivity contribution in [2.24, 2.45) is 5.92 Å². The first-order valence-corrected chi connectivity index (χ1v) is 8.74. The second-order valence-corrected chi connectivity index (χ2v) is 6.41. The molecule has 1 aliphatic carbocycles. The van der Waals surface area contributed by atoms with Crippen LogP contribution >= 0.6 is 11.8 Å². The second kappa shape index (κ2) is 7.84. The minimum atomic E-state index is 0.0938. The fourth-order valence-corrected chi connectivity index (χ4v) is 3.23. The standard InChI is InChI=1S/C17H24O2S/c1-3-13-5-4-6-15(11-13)19-12-17(18)14-7-9-16(20-2)10-8-14/h7-10,13,15H,3-6,11-12H2,1-2H3. The first-order chi connectivity index (χ1) is 9.72. The molecule has 1 aliphatic rings. The Morgan fingerprint density at radius 3 is 2.70 bits per heavy atom. The summed E-state index contributed by atoms with van der Waals surface area (Å²) in [4.78, 5) is 13.3. The summed E-state index contributed by atoms with van der Waals surface area (Å²) in [6.45, 7) is 2.46. The third-order valence-corrected chi connectivity index (χ3v) is 4.92. The summed E-state index contributed by atoms with van der Waals surface area (Å²) in [6.07, 6.45) is 8.32. The molecule has 2 atom stereocenters. The zero-order chi connectivity index (χ0) is 14.4. The van der Waals surface area contributed by atoms with Crippen LogP contribution in [0.2, 0.25) is 0 Å². The van der Waals surface area contributed by atoms with Gasteiger partial charge in [0.25, 0.3) is 0 Å². The third-order valence-electron chi connectivity index (χ3n) is 4.17. The highest BCUT2D eigenvalue weighted by Gasteiger charge is 2.22. The van der Waals surface area contributed by atoms with Crippen molar-refractivity contribution in [2.45, 2.75) is 50.0 Å². The lowest BCUT2D eigenvalue weighted by Crippen LogP contribution is -2.25. The predicted octanol–water partition coefficient (Wildman–Crippen LogP) is 4.58. The molecular weight excluding hydrogens is 268 g/mol. The summed E-state index contributed by atoms with van der Waals surface area (Å²) < 4.78 is 5.83. The Kier molecular flexibility index (Phi) is 6.11. The SMILES string of the molecule is CCC1CCCC(OCC(=O)c2ccc(SC)cc2)C1. The Labute approximate surface area is 126 Å². The van der Waals surface area contributed by atoms with E-state index in [-0.39, 0.29) is 18.5 Å². The lowest BCUT2D eigenvalue weighted by Gasteiger charge is -2.28. The second-order valence-electron chi connectivity index (χ2n) is 5.53. The number of rotatable bonds is 6. The van der Waals surface area contributed by atoms with E-state index < -0.39 is 0 Å². The van der Waals surface area contributed by atoms with Gasteiger partial charge in [-0.15, -0.1) is 11.8 Å². The van der Waals surface area contributed by atoms with Crippen LogP contribution in [0.25, 0.3) is 0 Å². The maximum Gasteiger partial charge on any atom is 0.188 e. The summed E-state index contributed by atoms with van der Waals surface area (Å²) in [5.74, 6) is 0.876. The van der Waals surface area contributed by atoms with E-state index >= 15 is 0 Å². The van der Waals surface area contributed by atoms with Gasteiger partial charge in [-0.2, -0.15) is 0 Å². The van der Waals surface area contributed by atoms with Crippen molar-refractivity contribution in [3.63, 3.8) is 0 Å². The summed E-state index contributed by atoms with van der Waals surface area (Å²) >= 11 is 1.69. The molecule has 1 aromatic carbocycles. The van der Waals surface area contributed by atoms with Gasteiger partial charge in [-0.3, -0.25) is 4.79 Å². The van der Waals surface area contributed by atoms with Gasteiger partial charge in [0.2, 0.25) is 0 Å². The van der Waals surface area contributed by atoms with E-state index in [1.165, 1.54) is 24.2 Å². The Bertz CT molecular complexity index is 427. The van der Waals surface area contributed by atoms with E-state index in [0.717, 1.165) is 24.3 Å². The highest BCUT2D eigenvalue weighted by atomic mass is 32.2. The van der Waals surface area contributed by atoms with Crippen molar-refractivity contribution in [1.29, 1.82) is 0 Å². The normalized spacial score (nSPS) is 22.7. The summed E-state index contributed by atoms with van der Waals surface area (Å²) in [5, 5.41) is 0. The van der Waals surface area contributed by atoms with Gasteiger partial charge in [0, 0.05) is 10.5 Å². The number of thioether (sulfide) groups is 1. The molecule has 0 bridgehead atoms. The number of Topliss-reactive ketones (excluding diaryl/α,β-unsaturated/α-hetero) is 1. The number of ether oxygens (including phenoxy) is 1. The molecule has 0 amide bonds. The van der Waals surface area contributed by atoms with Crippen molar-refractivity contribution in [2.75, 3.05) is 12.9 Å². The number of hydrogen-bond acceptors (Lipinski definition) is 3. The van der Waals surface area contributed by atoms with Crippen molar-refractivity contribution in [3.8, 4) is 0 Å². The Balaban J connectivity index is 1.82. The average Bonchev–Trinajstić information content (AvgIpc) is 2.53. The average molecular weight is 292 g/mol. The van der Waals surface area contributed by atoms with Crippen LogP contribution in [0, 0.1) is 5.92 Å². The Morgan fingerprint density at radius 1 is 1.30 bits per heavy atom. The molecule has 1 fully saturated rings. The van der Waals surface area contributed by atoms with Gasteiger partial charge in [0.15, 0.2) is 5.78 Å². The molecule has 110 valence electrons. The largest absolute Gasteiger partial charge is 0.370 e. The minimum absolute atomic E-state index is 0.0938. The van der Waals surface area contributed by atoms with E-state index in [1.807, 2.05) is 30.5 Å². The van der Waals surface area contributed by atoms with Crippen molar-refractivity contribution >= 4 is 17.5 Å². The summed E-state index contributed by atoms with van der Waals surface area (Å²) in [6, 6.07) is 7.78. The third kappa shape index (κ3) is 4.35. The first-order valence-electron chi connectivity index (χ1n) is 7.51. The monoisotopic (exact) mass is 292 g/mol. The molecule has 0 aliphatic heterocycles. The maximum absolute atomic E-state index is 12.1. The van der Waals surface area contributed by atoms with Crippen LogP contribution in [0.15, 0.2) is 29.2 Å². The quantitative estimate of drug-likeness (QED) is 0.567. The zero-order valence-corrected chi connectivity index (χ0v) is 13.2. The van der Waals surface area contributed by atoms with E-state index in [9.17, 15) is 4.79 Å².